The Hall–Kier alpha value is -2.92. The molecule has 1 saturated heterocycles. The third-order valence-corrected chi connectivity index (χ3v) is 6.73. The van der Waals surface area contributed by atoms with Crippen molar-refractivity contribution in [2.45, 2.75) is 33.2 Å². The molecule has 0 saturated carbocycles. The first-order valence-electron chi connectivity index (χ1n) is 8.97. The van der Waals surface area contributed by atoms with E-state index in [1.807, 2.05) is 38.1 Å². The molecule has 0 aliphatic carbocycles. The van der Waals surface area contributed by atoms with Crippen molar-refractivity contribution < 1.29 is 13.2 Å². The molecule has 1 fully saturated rings. The zero-order chi connectivity index (χ0) is 20.5. The number of carbonyl (C=O) groups excluding carboxylic acids is 1. The minimum absolute atomic E-state index is 0.0342. The lowest BCUT2D eigenvalue weighted by molar-refractivity contribution is -0.112. The van der Waals surface area contributed by atoms with Crippen LogP contribution in [0.5, 0.6) is 0 Å². The Balaban J connectivity index is 1.90. The SMILES string of the molecule is Cc1ccccc1NC(=O)/C(C#N)=C/c1c(C)nn([C@@H]2CCS(=O)(=O)C2)c1C. The number of hydrogen-bond acceptors (Lipinski definition) is 5. The van der Waals surface area contributed by atoms with Crippen LogP contribution in [0.3, 0.4) is 0 Å². The van der Waals surface area contributed by atoms with E-state index in [0.29, 0.717) is 23.4 Å². The summed E-state index contributed by atoms with van der Waals surface area (Å²) in [6, 6.07) is 9.07. The molecule has 0 bridgehead atoms. The number of amides is 1. The summed E-state index contributed by atoms with van der Waals surface area (Å²) in [6.45, 7) is 5.48. The number of hydrogen-bond donors (Lipinski definition) is 1. The molecule has 1 aromatic heterocycles. The largest absolute Gasteiger partial charge is 0.321 e. The van der Waals surface area contributed by atoms with E-state index in [0.717, 1.165) is 11.3 Å². The summed E-state index contributed by atoms with van der Waals surface area (Å²) in [5, 5.41) is 16.7. The average Bonchev–Trinajstić information content (AvgIpc) is 3.14. The smallest absolute Gasteiger partial charge is 0.266 e. The number of nitriles is 1. The molecule has 0 unspecified atom stereocenters. The number of sulfone groups is 1. The van der Waals surface area contributed by atoms with Gasteiger partial charge in [-0.05, 0) is 44.9 Å². The molecule has 2 heterocycles. The summed E-state index contributed by atoms with van der Waals surface area (Å²) in [4.78, 5) is 12.6. The highest BCUT2D eigenvalue weighted by molar-refractivity contribution is 7.91. The van der Waals surface area contributed by atoms with Crippen molar-refractivity contribution in [2.24, 2.45) is 0 Å². The fraction of sp³-hybridized carbons (Fsp3) is 0.350. The average molecular weight is 398 g/mol. The lowest BCUT2D eigenvalue weighted by Crippen LogP contribution is -2.15. The number of carbonyl (C=O) groups is 1. The second-order valence-corrected chi connectivity index (χ2v) is 9.25. The van der Waals surface area contributed by atoms with Crippen molar-refractivity contribution in [3.8, 4) is 6.07 Å². The Labute approximate surface area is 164 Å². The lowest BCUT2D eigenvalue weighted by atomic mass is 10.1. The van der Waals surface area contributed by atoms with Crippen LogP contribution in [-0.4, -0.2) is 35.6 Å². The first kappa shape index (κ1) is 19.8. The highest BCUT2D eigenvalue weighted by atomic mass is 32.2. The quantitative estimate of drug-likeness (QED) is 0.630. The van der Waals surface area contributed by atoms with E-state index in [2.05, 4.69) is 10.4 Å². The van der Waals surface area contributed by atoms with Gasteiger partial charge >= 0.3 is 0 Å². The molecular formula is C20H22N4O3S. The summed E-state index contributed by atoms with van der Waals surface area (Å²) in [7, 11) is -3.04. The maximum Gasteiger partial charge on any atom is 0.266 e. The molecule has 7 nitrogen and oxygen atoms in total. The highest BCUT2D eigenvalue weighted by Crippen LogP contribution is 2.28. The molecule has 2 aromatic rings. The predicted molar refractivity (Wildman–Crippen MR) is 107 cm³/mol. The third-order valence-electron chi connectivity index (χ3n) is 4.98. The molecule has 1 aliphatic rings. The molecule has 146 valence electrons. The van der Waals surface area contributed by atoms with E-state index < -0.39 is 15.7 Å². The van der Waals surface area contributed by atoms with Gasteiger partial charge in [-0.1, -0.05) is 18.2 Å². The fourth-order valence-corrected chi connectivity index (χ4v) is 5.10. The van der Waals surface area contributed by atoms with Gasteiger partial charge in [-0.15, -0.1) is 0 Å². The van der Waals surface area contributed by atoms with E-state index >= 15 is 0 Å². The van der Waals surface area contributed by atoms with Gasteiger partial charge in [0.2, 0.25) is 0 Å². The Morgan fingerprint density at radius 3 is 2.64 bits per heavy atom. The molecule has 1 amide bonds. The van der Waals surface area contributed by atoms with Gasteiger partial charge in [0.05, 0.1) is 23.2 Å². The van der Waals surface area contributed by atoms with E-state index in [9.17, 15) is 18.5 Å². The van der Waals surface area contributed by atoms with Crippen LogP contribution in [0, 0.1) is 32.1 Å². The third kappa shape index (κ3) is 3.99. The van der Waals surface area contributed by atoms with Crippen LogP contribution in [0.4, 0.5) is 5.69 Å². The van der Waals surface area contributed by atoms with Crippen LogP contribution in [0.25, 0.3) is 6.08 Å². The number of benzene rings is 1. The summed E-state index contributed by atoms with van der Waals surface area (Å²) in [6.07, 6.45) is 2.04. The molecule has 3 rings (SSSR count). The van der Waals surface area contributed by atoms with Crippen molar-refractivity contribution in [3.05, 3.63) is 52.4 Å². The van der Waals surface area contributed by atoms with Crippen LogP contribution in [0.2, 0.25) is 0 Å². The molecule has 0 spiro atoms. The van der Waals surface area contributed by atoms with Crippen LogP contribution < -0.4 is 5.32 Å². The Morgan fingerprint density at radius 2 is 2.04 bits per heavy atom. The maximum atomic E-state index is 12.6. The van der Waals surface area contributed by atoms with Gasteiger partial charge < -0.3 is 5.32 Å². The van der Waals surface area contributed by atoms with Crippen molar-refractivity contribution in [1.82, 2.24) is 9.78 Å². The Bertz CT molecular complexity index is 1110. The summed E-state index contributed by atoms with van der Waals surface area (Å²) < 4.78 is 25.3. The Kier molecular flexibility index (Phi) is 5.38. The lowest BCUT2D eigenvalue weighted by Gasteiger charge is -2.11. The van der Waals surface area contributed by atoms with Crippen molar-refractivity contribution in [1.29, 1.82) is 5.26 Å². The predicted octanol–water partition coefficient (Wildman–Crippen LogP) is 2.71. The van der Waals surface area contributed by atoms with E-state index in [1.165, 1.54) is 6.08 Å². The van der Waals surface area contributed by atoms with Crippen LogP contribution >= 0.6 is 0 Å². The minimum atomic E-state index is -3.04. The van der Waals surface area contributed by atoms with Gasteiger partial charge in [0, 0.05) is 16.9 Å². The van der Waals surface area contributed by atoms with E-state index in [1.54, 1.807) is 17.7 Å². The molecule has 1 N–H and O–H groups in total. The second kappa shape index (κ2) is 7.60. The van der Waals surface area contributed by atoms with E-state index in [-0.39, 0.29) is 23.1 Å². The Morgan fingerprint density at radius 1 is 1.32 bits per heavy atom. The number of aryl methyl sites for hydroxylation is 2. The molecule has 1 aromatic carbocycles. The van der Waals surface area contributed by atoms with Crippen LogP contribution in [0.1, 0.15) is 35.0 Å². The van der Waals surface area contributed by atoms with Gasteiger partial charge in [-0.25, -0.2) is 8.42 Å². The highest BCUT2D eigenvalue weighted by Gasteiger charge is 2.31. The number of anilines is 1. The van der Waals surface area contributed by atoms with E-state index in [4.69, 9.17) is 0 Å². The first-order chi connectivity index (χ1) is 13.2. The van der Waals surface area contributed by atoms with Gasteiger partial charge in [-0.2, -0.15) is 10.4 Å². The van der Waals surface area contributed by atoms with Gasteiger partial charge in [-0.3, -0.25) is 9.48 Å². The van der Waals surface area contributed by atoms with Gasteiger partial charge in [0.25, 0.3) is 5.91 Å². The van der Waals surface area contributed by atoms with Crippen LogP contribution in [-0.2, 0) is 14.6 Å². The summed E-state index contributed by atoms with van der Waals surface area (Å²) >= 11 is 0. The first-order valence-corrected chi connectivity index (χ1v) is 10.8. The number of para-hydroxylation sites is 1. The molecule has 8 heteroatoms. The molecule has 1 aliphatic heterocycles. The number of nitrogens with one attached hydrogen (secondary N) is 1. The van der Waals surface area contributed by atoms with Crippen molar-refractivity contribution >= 4 is 27.5 Å². The van der Waals surface area contributed by atoms with Crippen molar-refractivity contribution in [3.63, 3.8) is 0 Å². The fourth-order valence-electron chi connectivity index (χ4n) is 3.40. The van der Waals surface area contributed by atoms with Gasteiger partial charge in [0.1, 0.15) is 11.6 Å². The molecule has 0 radical (unpaired) electrons. The number of nitrogens with zero attached hydrogens (tertiary/aromatic N) is 3. The summed E-state index contributed by atoms with van der Waals surface area (Å²) in [5.74, 6) is -0.271. The topological polar surface area (TPSA) is 105 Å². The maximum absolute atomic E-state index is 12.6. The molecule has 28 heavy (non-hydrogen) atoms. The van der Waals surface area contributed by atoms with Crippen molar-refractivity contribution in [2.75, 3.05) is 16.8 Å². The normalized spacial score (nSPS) is 18.6. The zero-order valence-corrected chi connectivity index (χ0v) is 16.9. The summed E-state index contributed by atoms with van der Waals surface area (Å²) in [5.41, 5.74) is 3.58. The molecular weight excluding hydrogens is 376 g/mol. The van der Waals surface area contributed by atoms with Gasteiger partial charge in [0.15, 0.2) is 9.84 Å². The minimum Gasteiger partial charge on any atom is -0.321 e. The number of aromatic nitrogens is 2. The van der Waals surface area contributed by atoms with Crippen LogP contribution in [0.15, 0.2) is 29.8 Å². The standard InChI is InChI=1S/C20H22N4O3S/c1-13-6-4-5-7-19(13)22-20(25)16(11-21)10-18-14(2)23-24(15(18)3)17-8-9-28(26,27)12-17/h4-7,10,17H,8-9,12H2,1-3H3,(H,22,25)/b16-10+/t17-/m1/s1. The number of rotatable bonds is 4. The second-order valence-electron chi connectivity index (χ2n) is 7.02. The monoisotopic (exact) mass is 398 g/mol. The zero-order valence-electron chi connectivity index (χ0n) is 16.1. The molecule has 1 atom stereocenters.